The van der Waals surface area contributed by atoms with Gasteiger partial charge in [-0.3, -0.25) is 10.3 Å². The predicted molar refractivity (Wildman–Crippen MR) is 256 cm³/mol. The van der Waals surface area contributed by atoms with Crippen molar-refractivity contribution in [3.05, 3.63) is 229 Å². The van der Waals surface area contributed by atoms with Crippen LogP contribution in [0.2, 0.25) is 0 Å². The molecule has 2 atom stereocenters. The summed E-state index contributed by atoms with van der Waals surface area (Å²) in [5.74, 6) is 0. The molecule has 0 bridgehead atoms. The fraction of sp³-hybridized carbons (Fsp3) is 0.0351. The molecule has 60 heavy (non-hydrogen) atoms. The Bertz CT molecular complexity index is 3420. The maximum Gasteiger partial charge on any atom is 0.127 e. The second-order valence-corrected chi connectivity index (χ2v) is 15.7. The van der Waals surface area contributed by atoms with Crippen LogP contribution in [0.5, 0.6) is 0 Å². The number of hydrogen-bond acceptors (Lipinski definition) is 3. The lowest BCUT2D eigenvalue weighted by Crippen LogP contribution is -2.32. The molecule has 11 rings (SSSR count). The summed E-state index contributed by atoms with van der Waals surface area (Å²) in [6.07, 6.45) is 1.07. The first-order chi connectivity index (χ1) is 29.7. The largest absolute Gasteiger partial charge is 0.312 e. The van der Waals surface area contributed by atoms with Gasteiger partial charge in [-0.1, -0.05) is 200 Å². The molecule has 3 N–H and O–H groups in total. The average Bonchev–Trinajstić information content (AvgIpc) is 3.32. The standard InChI is InChI=1S/C57H41N3/c58-56(53-21-11-10-18-46(53)38-12-2-1-3-13-38)60-57(44-29-30-48-43(34-44)28-32-50-45-17-7-4-14-39(45)26-31-51(48)50)59-36-37-22-24-41(25-23-37)55-49-20-9-6-16-42(49)35-54-47-19-8-5-15-40(47)27-33-52(54)55/h1-36,56-57,60H,58H2. The van der Waals surface area contributed by atoms with Crippen molar-refractivity contribution in [1.82, 2.24) is 5.32 Å². The van der Waals surface area contributed by atoms with E-state index in [1.54, 1.807) is 0 Å². The Hall–Kier alpha value is -7.43. The number of benzene rings is 11. The first-order valence-corrected chi connectivity index (χ1v) is 20.6. The van der Waals surface area contributed by atoms with E-state index in [1.165, 1.54) is 70.4 Å². The Labute approximate surface area is 349 Å². The third-order valence-corrected chi connectivity index (χ3v) is 12.1. The smallest absolute Gasteiger partial charge is 0.127 e. The van der Waals surface area contributed by atoms with Crippen LogP contribution in [0.1, 0.15) is 29.0 Å². The van der Waals surface area contributed by atoms with Gasteiger partial charge in [-0.05, 0) is 116 Å². The topological polar surface area (TPSA) is 50.4 Å². The number of nitrogens with zero attached hydrogens (tertiary/aromatic N) is 1. The first-order valence-electron chi connectivity index (χ1n) is 20.6. The monoisotopic (exact) mass is 767 g/mol. The van der Waals surface area contributed by atoms with Gasteiger partial charge in [0, 0.05) is 6.21 Å². The van der Waals surface area contributed by atoms with Gasteiger partial charge in [0.15, 0.2) is 0 Å². The molecule has 11 aromatic carbocycles. The van der Waals surface area contributed by atoms with E-state index in [0.29, 0.717) is 0 Å². The molecule has 2 unspecified atom stereocenters. The van der Waals surface area contributed by atoms with Gasteiger partial charge in [0.1, 0.15) is 6.17 Å². The minimum absolute atomic E-state index is 0.421. The summed E-state index contributed by atoms with van der Waals surface area (Å²) in [5, 5.41) is 18.6. The number of fused-ring (bicyclic) bond motifs is 9. The molecule has 284 valence electrons. The van der Waals surface area contributed by atoms with Gasteiger partial charge in [-0.15, -0.1) is 0 Å². The van der Waals surface area contributed by atoms with Crippen molar-refractivity contribution >= 4 is 70.8 Å². The van der Waals surface area contributed by atoms with Gasteiger partial charge in [0.05, 0.1) is 6.17 Å². The Kier molecular flexibility index (Phi) is 8.97. The van der Waals surface area contributed by atoms with Gasteiger partial charge in [0.2, 0.25) is 0 Å². The van der Waals surface area contributed by atoms with E-state index in [2.05, 4.69) is 212 Å². The minimum Gasteiger partial charge on any atom is -0.312 e. The normalized spacial score (nSPS) is 12.9. The van der Waals surface area contributed by atoms with Gasteiger partial charge in [-0.2, -0.15) is 0 Å². The summed E-state index contributed by atoms with van der Waals surface area (Å²) in [6, 6.07) is 76.1. The highest BCUT2D eigenvalue weighted by molar-refractivity contribution is 6.20. The van der Waals surface area contributed by atoms with Crippen LogP contribution in [0, 0.1) is 0 Å². The molecule has 0 fully saturated rings. The molecule has 0 saturated heterocycles. The highest BCUT2D eigenvalue weighted by Crippen LogP contribution is 2.40. The van der Waals surface area contributed by atoms with Crippen molar-refractivity contribution in [3.8, 4) is 22.3 Å². The van der Waals surface area contributed by atoms with E-state index in [0.717, 1.165) is 33.2 Å². The first kappa shape index (κ1) is 35.7. The molecule has 0 aliphatic heterocycles. The molecule has 11 aromatic rings. The summed E-state index contributed by atoms with van der Waals surface area (Å²) in [4.78, 5) is 5.26. The molecular weight excluding hydrogens is 727 g/mol. The van der Waals surface area contributed by atoms with E-state index < -0.39 is 12.3 Å². The zero-order chi connectivity index (χ0) is 40.0. The number of rotatable bonds is 8. The lowest BCUT2D eigenvalue weighted by Gasteiger charge is -2.23. The molecule has 0 radical (unpaired) electrons. The number of hydrogen-bond donors (Lipinski definition) is 2. The lowest BCUT2D eigenvalue weighted by molar-refractivity contribution is 0.468. The van der Waals surface area contributed by atoms with E-state index >= 15 is 0 Å². The van der Waals surface area contributed by atoms with Crippen LogP contribution in [0.3, 0.4) is 0 Å². The molecule has 0 aliphatic rings. The molecule has 0 aliphatic carbocycles. The Balaban J connectivity index is 0.984. The third-order valence-electron chi connectivity index (χ3n) is 12.1. The molecular formula is C57H41N3. The fourth-order valence-corrected chi connectivity index (χ4v) is 9.18. The molecule has 3 nitrogen and oxygen atoms in total. The zero-order valence-electron chi connectivity index (χ0n) is 33.0. The van der Waals surface area contributed by atoms with Crippen LogP contribution in [0.4, 0.5) is 0 Å². The second-order valence-electron chi connectivity index (χ2n) is 15.7. The quantitative estimate of drug-likeness (QED) is 0.0700. The second kappa shape index (κ2) is 15.1. The SMILES string of the molecule is NC(NC(N=Cc1ccc(-c2c3ccccc3cc3c2ccc2ccccc23)cc1)c1ccc2c(ccc3c4ccccc4ccc23)c1)c1ccccc1-c1ccccc1. The van der Waals surface area contributed by atoms with Crippen LogP contribution in [0.15, 0.2) is 217 Å². The highest BCUT2D eigenvalue weighted by atomic mass is 15.1. The molecule has 0 amide bonds. The van der Waals surface area contributed by atoms with Crippen LogP contribution < -0.4 is 11.1 Å². The number of nitrogens with two attached hydrogens (primary N) is 1. The minimum atomic E-state index is -0.486. The summed E-state index contributed by atoms with van der Waals surface area (Å²) < 4.78 is 0. The summed E-state index contributed by atoms with van der Waals surface area (Å²) >= 11 is 0. The van der Waals surface area contributed by atoms with Crippen LogP contribution in [-0.4, -0.2) is 6.21 Å². The molecule has 3 heteroatoms. The molecule has 0 aromatic heterocycles. The van der Waals surface area contributed by atoms with Crippen molar-refractivity contribution in [2.24, 2.45) is 10.7 Å². The lowest BCUT2D eigenvalue weighted by atomic mass is 9.89. The number of aliphatic imine (C=N–C) groups is 1. The molecule has 0 spiro atoms. The van der Waals surface area contributed by atoms with E-state index in [9.17, 15) is 0 Å². The van der Waals surface area contributed by atoms with Crippen molar-refractivity contribution in [1.29, 1.82) is 0 Å². The van der Waals surface area contributed by atoms with E-state index in [-0.39, 0.29) is 0 Å². The Morgan fingerprint density at radius 1 is 0.400 bits per heavy atom. The maximum atomic E-state index is 7.10. The zero-order valence-corrected chi connectivity index (χ0v) is 33.0. The fourth-order valence-electron chi connectivity index (χ4n) is 9.18. The van der Waals surface area contributed by atoms with Gasteiger partial charge in [0.25, 0.3) is 0 Å². The van der Waals surface area contributed by atoms with Crippen molar-refractivity contribution in [2.45, 2.75) is 12.3 Å². The van der Waals surface area contributed by atoms with Gasteiger partial charge in [-0.25, -0.2) is 0 Å². The van der Waals surface area contributed by atoms with Gasteiger partial charge < -0.3 is 5.73 Å². The molecule has 0 heterocycles. The maximum absolute atomic E-state index is 7.10. The van der Waals surface area contributed by atoms with E-state index in [1.807, 2.05) is 12.3 Å². The van der Waals surface area contributed by atoms with Crippen molar-refractivity contribution in [2.75, 3.05) is 0 Å². The summed E-state index contributed by atoms with van der Waals surface area (Å²) in [6.45, 7) is 0. The summed E-state index contributed by atoms with van der Waals surface area (Å²) in [5.41, 5.74) is 14.8. The van der Waals surface area contributed by atoms with Crippen LogP contribution in [0.25, 0.3) is 86.9 Å². The van der Waals surface area contributed by atoms with Crippen molar-refractivity contribution in [3.63, 3.8) is 0 Å². The van der Waals surface area contributed by atoms with Crippen LogP contribution in [-0.2, 0) is 0 Å². The van der Waals surface area contributed by atoms with Crippen molar-refractivity contribution < 1.29 is 0 Å². The highest BCUT2D eigenvalue weighted by Gasteiger charge is 2.19. The van der Waals surface area contributed by atoms with E-state index in [4.69, 9.17) is 10.7 Å². The summed E-state index contributed by atoms with van der Waals surface area (Å²) in [7, 11) is 0. The third kappa shape index (κ3) is 6.38. The molecule has 0 saturated carbocycles. The Morgan fingerprint density at radius 2 is 0.950 bits per heavy atom. The number of nitrogens with one attached hydrogen (secondary N) is 1. The van der Waals surface area contributed by atoms with Gasteiger partial charge >= 0.3 is 0 Å². The predicted octanol–water partition coefficient (Wildman–Crippen LogP) is 14.3. The average molecular weight is 768 g/mol. The van der Waals surface area contributed by atoms with Crippen LogP contribution >= 0.6 is 0 Å². The Morgan fingerprint density at radius 3 is 1.70 bits per heavy atom.